The van der Waals surface area contributed by atoms with Gasteiger partial charge in [-0.15, -0.1) is 0 Å². The first-order valence-electron chi connectivity index (χ1n) is 6.83. The summed E-state index contributed by atoms with van der Waals surface area (Å²) < 4.78 is 0. The molecule has 2 atom stereocenters. The predicted octanol–water partition coefficient (Wildman–Crippen LogP) is 0.588. The number of carbonyl (C=O) groups excluding carboxylic acids is 1. The summed E-state index contributed by atoms with van der Waals surface area (Å²) in [5.41, 5.74) is 4.10. The van der Waals surface area contributed by atoms with Crippen molar-refractivity contribution in [1.29, 1.82) is 0 Å². The van der Waals surface area contributed by atoms with Crippen LogP contribution >= 0.6 is 0 Å². The second kappa shape index (κ2) is 5.91. The van der Waals surface area contributed by atoms with E-state index in [1.807, 2.05) is 32.9 Å². The molecule has 1 aromatic rings. The largest absolute Gasteiger partial charge is 0.389 e. The summed E-state index contributed by atoms with van der Waals surface area (Å²) in [5, 5.41) is 21.9. The summed E-state index contributed by atoms with van der Waals surface area (Å²) in [7, 11) is 0. The third kappa shape index (κ3) is 3.36. The lowest BCUT2D eigenvalue weighted by atomic mass is 10.1. The molecule has 0 radical (unpaired) electrons. The van der Waals surface area contributed by atoms with E-state index in [-0.39, 0.29) is 12.5 Å². The molecule has 5 nitrogen and oxygen atoms in total. The number of carbonyl (C=O) groups is 1. The number of aryl methyl sites for hydroxylation is 3. The maximum absolute atomic E-state index is 12.1. The Kier molecular flexibility index (Phi) is 4.42. The normalized spacial score (nSPS) is 23.1. The molecule has 0 bridgehead atoms. The van der Waals surface area contributed by atoms with E-state index in [0.717, 1.165) is 16.8 Å². The van der Waals surface area contributed by atoms with Crippen molar-refractivity contribution < 1.29 is 15.0 Å². The van der Waals surface area contributed by atoms with Crippen LogP contribution in [0.3, 0.4) is 0 Å². The lowest BCUT2D eigenvalue weighted by Gasteiger charge is -2.17. The van der Waals surface area contributed by atoms with Crippen molar-refractivity contribution in [2.75, 3.05) is 25.0 Å². The molecule has 0 spiro atoms. The lowest BCUT2D eigenvalue weighted by Crippen LogP contribution is -2.32. The van der Waals surface area contributed by atoms with E-state index < -0.39 is 12.2 Å². The van der Waals surface area contributed by atoms with Gasteiger partial charge in [-0.25, -0.2) is 0 Å². The van der Waals surface area contributed by atoms with E-state index in [9.17, 15) is 15.0 Å². The van der Waals surface area contributed by atoms with Gasteiger partial charge >= 0.3 is 0 Å². The summed E-state index contributed by atoms with van der Waals surface area (Å²) in [6.45, 7) is 6.82. The topological polar surface area (TPSA) is 72.8 Å². The van der Waals surface area contributed by atoms with Gasteiger partial charge in [0.1, 0.15) is 0 Å². The smallest absolute Gasteiger partial charge is 0.238 e. The van der Waals surface area contributed by atoms with Crippen molar-refractivity contribution in [1.82, 2.24) is 4.90 Å². The summed E-state index contributed by atoms with van der Waals surface area (Å²) in [5.74, 6) is -0.124. The number of rotatable bonds is 3. The molecule has 20 heavy (non-hydrogen) atoms. The van der Waals surface area contributed by atoms with Crippen molar-refractivity contribution in [2.24, 2.45) is 0 Å². The van der Waals surface area contributed by atoms with Crippen LogP contribution in [0.15, 0.2) is 12.1 Å². The van der Waals surface area contributed by atoms with Crippen LogP contribution in [0.5, 0.6) is 0 Å². The number of nitrogens with zero attached hydrogens (tertiary/aromatic N) is 1. The monoisotopic (exact) mass is 278 g/mol. The first-order chi connectivity index (χ1) is 9.36. The zero-order valence-corrected chi connectivity index (χ0v) is 12.2. The second-order valence-electron chi connectivity index (χ2n) is 5.65. The highest BCUT2D eigenvalue weighted by molar-refractivity contribution is 5.93. The molecule has 0 aliphatic carbocycles. The Morgan fingerprint density at radius 3 is 2.20 bits per heavy atom. The Bertz CT molecular complexity index is 483. The average Bonchev–Trinajstić information content (AvgIpc) is 2.63. The quantitative estimate of drug-likeness (QED) is 0.756. The average molecular weight is 278 g/mol. The molecular formula is C15H22N2O3. The number of aliphatic hydroxyl groups is 2. The number of benzene rings is 1. The van der Waals surface area contributed by atoms with E-state index in [1.54, 1.807) is 4.90 Å². The van der Waals surface area contributed by atoms with Crippen LogP contribution in [0, 0.1) is 20.8 Å². The fourth-order valence-electron chi connectivity index (χ4n) is 2.74. The van der Waals surface area contributed by atoms with Gasteiger partial charge in [-0.2, -0.15) is 0 Å². The van der Waals surface area contributed by atoms with Gasteiger partial charge in [-0.05, 0) is 31.9 Å². The second-order valence-corrected chi connectivity index (χ2v) is 5.65. The van der Waals surface area contributed by atoms with Crippen molar-refractivity contribution >= 4 is 11.6 Å². The van der Waals surface area contributed by atoms with Gasteiger partial charge in [0.2, 0.25) is 5.91 Å². The number of β-amino-alcohol motifs (C(OH)–C–C–N with tert-alkyl or cyclic N) is 2. The van der Waals surface area contributed by atoms with Crippen LogP contribution in [-0.2, 0) is 4.79 Å². The number of nitrogens with one attached hydrogen (secondary N) is 1. The summed E-state index contributed by atoms with van der Waals surface area (Å²) in [6, 6.07) is 4.07. The van der Waals surface area contributed by atoms with E-state index in [0.29, 0.717) is 13.1 Å². The molecule has 1 saturated heterocycles. The Morgan fingerprint density at radius 2 is 1.70 bits per heavy atom. The van der Waals surface area contributed by atoms with Gasteiger partial charge in [0.15, 0.2) is 0 Å². The summed E-state index contributed by atoms with van der Waals surface area (Å²) in [4.78, 5) is 13.8. The molecule has 0 aromatic heterocycles. The maximum Gasteiger partial charge on any atom is 0.238 e. The molecule has 0 saturated carbocycles. The number of amides is 1. The molecule has 1 heterocycles. The Balaban J connectivity index is 1.99. The highest BCUT2D eigenvalue weighted by Crippen LogP contribution is 2.22. The molecule has 2 rings (SSSR count). The third-order valence-electron chi connectivity index (χ3n) is 3.64. The first kappa shape index (κ1) is 15.0. The molecule has 1 aromatic carbocycles. The zero-order chi connectivity index (χ0) is 14.9. The maximum atomic E-state index is 12.1. The summed E-state index contributed by atoms with van der Waals surface area (Å²) in [6.07, 6.45) is -1.52. The minimum Gasteiger partial charge on any atom is -0.389 e. The van der Waals surface area contributed by atoms with E-state index in [1.165, 1.54) is 5.56 Å². The number of hydrogen-bond donors (Lipinski definition) is 3. The van der Waals surface area contributed by atoms with Gasteiger partial charge in [0.05, 0.1) is 18.8 Å². The first-order valence-corrected chi connectivity index (χ1v) is 6.83. The number of likely N-dealkylation sites (tertiary alicyclic amines) is 1. The molecule has 1 amide bonds. The van der Waals surface area contributed by atoms with Crippen molar-refractivity contribution in [2.45, 2.75) is 33.0 Å². The van der Waals surface area contributed by atoms with Crippen LogP contribution in [0.25, 0.3) is 0 Å². The van der Waals surface area contributed by atoms with Crippen LogP contribution in [0.1, 0.15) is 16.7 Å². The van der Waals surface area contributed by atoms with E-state index in [4.69, 9.17) is 0 Å². The van der Waals surface area contributed by atoms with Gasteiger partial charge in [-0.3, -0.25) is 9.69 Å². The number of aliphatic hydroxyl groups excluding tert-OH is 2. The molecule has 1 aliphatic rings. The van der Waals surface area contributed by atoms with Crippen LogP contribution in [-0.4, -0.2) is 52.9 Å². The minimum absolute atomic E-state index is 0.124. The number of anilines is 1. The van der Waals surface area contributed by atoms with Gasteiger partial charge in [-0.1, -0.05) is 17.7 Å². The Morgan fingerprint density at radius 1 is 1.20 bits per heavy atom. The SMILES string of the molecule is Cc1cc(C)c(NC(=O)CN2CC(O)C(O)C2)c(C)c1. The molecular weight excluding hydrogens is 256 g/mol. The predicted molar refractivity (Wildman–Crippen MR) is 77.7 cm³/mol. The lowest BCUT2D eigenvalue weighted by molar-refractivity contribution is -0.117. The van der Waals surface area contributed by atoms with Gasteiger partial charge in [0, 0.05) is 18.8 Å². The molecule has 3 N–H and O–H groups in total. The van der Waals surface area contributed by atoms with E-state index in [2.05, 4.69) is 5.32 Å². The fourth-order valence-corrected chi connectivity index (χ4v) is 2.74. The summed E-state index contributed by atoms with van der Waals surface area (Å²) >= 11 is 0. The van der Waals surface area contributed by atoms with Crippen molar-refractivity contribution in [3.8, 4) is 0 Å². The fraction of sp³-hybridized carbons (Fsp3) is 0.533. The van der Waals surface area contributed by atoms with Crippen LogP contribution in [0.4, 0.5) is 5.69 Å². The molecule has 1 fully saturated rings. The highest BCUT2D eigenvalue weighted by atomic mass is 16.3. The van der Waals surface area contributed by atoms with Gasteiger partial charge in [0.25, 0.3) is 0 Å². The van der Waals surface area contributed by atoms with Crippen LogP contribution in [0.2, 0.25) is 0 Å². The van der Waals surface area contributed by atoms with Crippen molar-refractivity contribution in [3.05, 3.63) is 28.8 Å². The van der Waals surface area contributed by atoms with E-state index >= 15 is 0 Å². The van der Waals surface area contributed by atoms with Crippen molar-refractivity contribution in [3.63, 3.8) is 0 Å². The highest BCUT2D eigenvalue weighted by Gasteiger charge is 2.30. The molecule has 1 aliphatic heterocycles. The molecule has 110 valence electrons. The third-order valence-corrected chi connectivity index (χ3v) is 3.64. The van der Waals surface area contributed by atoms with Crippen LogP contribution < -0.4 is 5.32 Å². The molecule has 5 heteroatoms. The standard InChI is InChI=1S/C15H22N2O3/c1-9-4-10(2)15(11(3)5-9)16-14(20)8-17-6-12(18)13(19)7-17/h4-5,12-13,18-19H,6-8H2,1-3H3,(H,16,20). The molecule has 2 unspecified atom stereocenters. The Hall–Kier alpha value is -1.43. The zero-order valence-electron chi connectivity index (χ0n) is 12.2. The number of hydrogen-bond acceptors (Lipinski definition) is 4. The minimum atomic E-state index is -0.759. The van der Waals surface area contributed by atoms with Gasteiger partial charge < -0.3 is 15.5 Å². The Labute approximate surface area is 119 Å².